The Morgan fingerprint density at radius 1 is 0.458 bits per heavy atom. The summed E-state index contributed by atoms with van der Waals surface area (Å²) >= 11 is 0. The van der Waals surface area contributed by atoms with Gasteiger partial charge in [-0.05, 0) is 83.1 Å². The molecule has 3 nitrogen and oxygen atoms in total. The van der Waals surface area contributed by atoms with Gasteiger partial charge in [-0.3, -0.25) is 4.57 Å². The lowest BCUT2D eigenvalue weighted by molar-refractivity contribution is 0.0703. The number of rotatable bonds is 2. The zero-order chi connectivity index (χ0) is 20.2. The minimum atomic E-state index is -2.94. The van der Waals surface area contributed by atoms with Crippen LogP contribution in [0.15, 0.2) is 0 Å². The van der Waals surface area contributed by atoms with Gasteiger partial charge in [0.15, 0.2) is 0 Å². The second kappa shape index (κ2) is 6.39. The molecule has 0 amide bonds. The summed E-state index contributed by atoms with van der Waals surface area (Å²) in [6.07, 6.45) is 0. The first-order valence-corrected chi connectivity index (χ1v) is 10.8. The Bertz CT molecular complexity index is 412. The Morgan fingerprint density at radius 3 is 0.708 bits per heavy atom. The van der Waals surface area contributed by atoms with Crippen molar-refractivity contribution in [1.82, 2.24) is 9.34 Å². The van der Waals surface area contributed by atoms with Crippen molar-refractivity contribution >= 4 is 7.44 Å². The van der Waals surface area contributed by atoms with E-state index in [0.29, 0.717) is 0 Å². The van der Waals surface area contributed by atoms with E-state index in [1.165, 1.54) is 0 Å². The van der Waals surface area contributed by atoms with E-state index in [0.717, 1.165) is 0 Å². The summed E-state index contributed by atoms with van der Waals surface area (Å²) in [5.74, 6) is 0. The Kier molecular flexibility index (Phi) is 6.43. The maximum atomic E-state index is 15.1. The quantitative estimate of drug-likeness (QED) is 0.507. The fraction of sp³-hybridized carbons (Fsp3) is 1.00. The van der Waals surface area contributed by atoms with Crippen LogP contribution < -0.4 is 0 Å². The predicted molar refractivity (Wildman–Crippen MR) is 110 cm³/mol. The average molecular weight is 361 g/mol. The van der Waals surface area contributed by atoms with Crippen molar-refractivity contribution in [3.63, 3.8) is 0 Å². The van der Waals surface area contributed by atoms with Gasteiger partial charge in [-0.15, -0.1) is 0 Å². The molecule has 0 aromatic carbocycles. The highest BCUT2D eigenvalue weighted by Crippen LogP contribution is 2.71. The van der Waals surface area contributed by atoms with Crippen molar-refractivity contribution in [3.05, 3.63) is 0 Å². The smallest absolute Gasteiger partial charge is 0.223 e. The summed E-state index contributed by atoms with van der Waals surface area (Å²) < 4.78 is 19.7. The maximum absolute atomic E-state index is 15.1. The van der Waals surface area contributed by atoms with E-state index in [1.54, 1.807) is 0 Å². The molecule has 0 aliphatic carbocycles. The third kappa shape index (κ3) is 4.86. The van der Waals surface area contributed by atoms with Crippen LogP contribution >= 0.6 is 7.44 Å². The Hall–Kier alpha value is 0.150. The second-order valence-corrected chi connectivity index (χ2v) is 15.3. The summed E-state index contributed by atoms with van der Waals surface area (Å²) in [5.41, 5.74) is -0.850. The van der Waals surface area contributed by atoms with E-state index in [2.05, 4.69) is 113 Å². The van der Waals surface area contributed by atoms with E-state index < -0.39 is 7.44 Å². The molecule has 0 aromatic heterocycles. The van der Waals surface area contributed by atoms with Gasteiger partial charge in [0.1, 0.15) is 0 Å². The van der Waals surface area contributed by atoms with E-state index in [-0.39, 0.29) is 27.3 Å². The van der Waals surface area contributed by atoms with Crippen LogP contribution in [-0.4, -0.2) is 36.7 Å². The Labute approximate surface area is 153 Å². The van der Waals surface area contributed by atoms with Gasteiger partial charge in [0, 0.05) is 27.3 Å². The SMILES string of the molecule is CC(C)(C)N(C(C)(C)C)P(=O)(N(C(C)(C)C)C(C)(C)C)C(C)(C)C. The molecule has 0 fully saturated rings. The van der Waals surface area contributed by atoms with Crippen molar-refractivity contribution in [2.45, 2.75) is 131 Å². The molecule has 24 heavy (non-hydrogen) atoms. The minimum Gasteiger partial charge on any atom is -0.288 e. The largest absolute Gasteiger partial charge is 0.288 e. The summed E-state index contributed by atoms with van der Waals surface area (Å²) in [7, 11) is -2.94. The number of hydrogen-bond donors (Lipinski definition) is 0. The topological polar surface area (TPSA) is 23.6 Å². The third-order valence-electron chi connectivity index (χ3n) is 3.96. The number of nitrogens with zero attached hydrogens (tertiary/aromatic N) is 2. The summed E-state index contributed by atoms with van der Waals surface area (Å²) in [6.45, 7) is 32.6. The molecule has 0 saturated carbocycles. The van der Waals surface area contributed by atoms with Crippen LogP contribution in [0.4, 0.5) is 0 Å². The second-order valence-electron chi connectivity index (χ2n) is 12.0. The van der Waals surface area contributed by atoms with E-state index in [4.69, 9.17) is 0 Å². The van der Waals surface area contributed by atoms with Crippen molar-refractivity contribution in [3.8, 4) is 0 Å². The lowest BCUT2D eigenvalue weighted by atomic mass is 10.0. The van der Waals surface area contributed by atoms with Crippen LogP contribution in [0.5, 0.6) is 0 Å². The molecular weight excluding hydrogens is 315 g/mol. The van der Waals surface area contributed by atoms with Gasteiger partial charge in [-0.25, -0.2) is 9.34 Å². The van der Waals surface area contributed by atoms with E-state index in [1.807, 2.05) is 0 Å². The fourth-order valence-corrected chi connectivity index (χ4v) is 8.96. The zero-order valence-corrected chi connectivity index (χ0v) is 20.1. The van der Waals surface area contributed by atoms with Crippen LogP contribution in [0.2, 0.25) is 0 Å². The van der Waals surface area contributed by atoms with Gasteiger partial charge in [0.25, 0.3) is 0 Å². The first-order chi connectivity index (χ1) is 9.98. The fourth-order valence-electron chi connectivity index (χ4n) is 4.33. The standard InChI is InChI=1S/C20H45N2OP/c1-16(2,3)21(17(4,5)6)24(23,20(13,14)15)22(18(7,8)9)19(10,11)12/h1-15H3. The monoisotopic (exact) mass is 360 g/mol. The molecule has 0 spiro atoms. The normalized spacial score (nSPS) is 16.2. The molecule has 0 unspecified atom stereocenters. The van der Waals surface area contributed by atoms with Crippen LogP contribution in [0.3, 0.4) is 0 Å². The third-order valence-corrected chi connectivity index (χ3v) is 9.19. The summed E-state index contributed by atoms with van der Waals surface area (Å²) in [6, 6.07) is 0. The van der Waals surface area contributed by atoms with Gasteiger partial charge in [0.2, 0.25) is 7.44 Å². The summed E-state index contributed by atoms with van der Waals surface area (Å²) in [5, 5.41) is -0.367. The molecule has 0 bridgehead atoms. The molecule has 0 heterocycles. The number of hydrogen-bond acceptors (Lipinski definition) is 1. The minimum absolute atomic E-state index is 0.212. The van der Waals surface area contributed by atoms with Crippen molar-refractivity contribution in [1.29, 1.82) is 0 Å². The maximum Gasteiger partial charge on any atom is 0.223 e. The van der Waals surface area contributed by atoms with Crippen LogP contribution in [0.1, 0.15) is 104 Å². The molecule has 0 atom stereocenters. The van der Waals surface area contributed by atoms with Gasteiger partial charge < -0.3 is 0 Å². The predicted octanol–water partition coefficient (Wildman–Crippen LogP) is 6.78. The molecule has 0 aliphatic heterocycles. The molecular formula is C20H45N2OP. The van der Waals surface area contributed by atoms with Gasteiger partial charge in [-0.1, -0.05) is 20.8 Å². The summed E-state index contributed by atoms with van der Waals surface area (Å²) in [4.78, 5) is 0. The van der Waals surface area contributed by atoms with Gasteiger partial charge >= 0.3 is 0 Å². The molecule has 0 rings (SSSR count). The first kappa shape index (κ1) is 24.1. The molecule has 0 saturated heterocycles. The molecule has 0 aromatic rings. The Balaban J connectivity index is 7.04. The molecule has 0 N–H and O–H groups in total. The van der Waals surface area contributed by atoms with E-state index in [9.17, 15) is 0 Å². The van der Waals surface area contributed by atoms with Gasteiger partial charge in [0.05, 0.1) is 0 Å². The van der Waals surface area contributed by atoms with Gasteiger partial charge in [-0.2, -0.15) is 0 Å². The van der Waals surface area contributed by atoms with Crippen molar-refractivity contribution in [2.75, 3.05) is 0 Å². The zero-order valence-electron chi connectivity index (χ0n) is 19.2. The highest BCUT2D eigenvalue weighted by molar-refractivity contribution is 7.60. The van der Waals surface area contributed by atoms with Crippen LogP contribution in [-0.2, 0) is 4.57 Å². The molecule has 4 heteroatoms. The van der Waals surface area contributed by atoms with Crippen LogP contribution in [0, 0.1) is 0 Å². The lowest BCUT2D eigenvalue weighted by Gasteiger charge is -2.61. The average Bonchev–Trinajstić information content (AvgIpc) is 2.02. The highest BCUT2D eigenvalue weighted by atomic mass is 31.2. The van der Waals surface area contributed by atoms with Crippen molar-refractivity contribution in [2.24, 2.45) is 0 Å². The lowest BCUT2D eigenvalue weighted by Crippen LogP contribution is -2.62. The van der Waals surface area contributed by atoms with E-state index >= 15 is 4.57 Å². The van der Waals surface area contributed by atoms with Crippen molar-refractivity contribution < 1.29 is 4.57 Å². The molecule has 0 aliphatic rings. The molecule has 146 valence electrons. The van der Waals surface area contributed by atoms with Crippen LogP contribution in [0.25, 0.3) is 0 Å². The highest BCUT2D eigenvalue weighted by Gasteiger charge is 2.58. The Morgan fingerprint density at radius 2 is 0.625 bits per heavy atom. The molecule has 0 radical (unpaired) electrons. The first-order valence-electron chi connectivity index (χ1n) is 9.20.